The van der Waals surface area contributed by atoms with Gasteiger partial charge < -0.3 is 14.6 Å². The molecule has 1 aromatic rings. The van der Waals surface area contributed by atoms with E-state index in [1.165, 1.54) is 12.1 Å². The number of piperidine rings is 1. The maximum absolute atomic E-state index is 13.7. The van der Waals surface area contributed by atoms with Gasteiger partial charge in [-0.3, -0.25) is 4.90 Å². The third kappa shape index (κ3) is 4.41. The predicted molar refractivity (Wildman–Crippen MR) is 75.3 cm³/mol. The number of ether oxygens (including phenoxy) is 2. The highest BCUT2D eigenvalue weighted by atomic mass is 19.1. The van der Waals surface area contributed by atoms with Crippen molar-refractivity contribution in [2.75, 3.05) is 33.4 Å². The Balaban J connectivity index is 1.77. The van der Waals surface area contributed by atoms with Gasteiger partial charge in [0, 0.05) is 26.7 Å². The van der Waals surface area contributed by atoms with E-state index < -0.39 is 11.8 Å². The number of carboxylic acid groups (broad SMARTS) is 1. The lowest BCUT2D eigenvalue weighted by atomic mass is 10.1. The number of likely N-dealkylation sites (tertiary alicyclic amines) is 1. The van der Waals surface area contributed by atoms with E-state index in [-0.39, 0.29) is 11.3 Å². The Hall–Kier alpha value is -1.66. The van der Waals surface area contributed by atoms with Crippen molar-refractivity contribution in [1.82, 2.24) is 4.90 Å². The average Bonchev–Trinajstić information content (AvgIpc) is 2.49. The largest absolute Gasteiger partial charge is 0.489 e. The molecule has 1 aliphatic heterocycles. The van der Waals surface area contributed by atoms with Crippen molar-refractivity contribution in [3.8, 4) is 5.75 Å². The van der Waals surface area contributed by atoms with E-state index >= 15 is 0 Å². The van der Waals surface area contributed by atoms with Crippen molar-refractivity contribution < 1.29 is 23.8 Å². The first-order valence-corrected chi connectivity index (χ1v) is 7.01. The van der Waals surface area contributed by atoms with Gasteiger partial charge in [0.25, 0.3) is 0 Å². The number of methoxy groups -OCH3 is 1. The number of hydrogen-bond donors (Lipinski definition) is 1. The molecule has 5 nitrogen and oxygen atoms in total. The van der Waals surface area contributed by atoms with Crippen LogP contribution in [0, 0.1) is 5.82 Å². The Kier molecular flexibility index (Phi) is 5.52. The Morgan fingerprint density at radius 1 is 1.43 bits per heavy atom. The summed E-state index contributed by atoms with van der Waals surface area (Å²) in [6, 6.07) is 3.67. The van der Waals surface area contributed by atoms with Crippen LogP contribution in [0.1, 0.15) is 23.2 Å². The van der Waals surface area contributed by atoms with Crippen molar-refractivity contribution in [1.29, 1.82) is 0 Å². The number of aromatic carboxylic acids is 1. The van der Waals surface area contributed by atoms with E-state index in [0.717, 1.165) is 38.5 Å². The van der Waals surface area contributed by atoms with Gasteiger partial charge in [0.05, 0.1) is 11.7 Å². The molecule has 116 valence electrons. The van der Waals surface area contributed by atoms with E-state index in [2.05, 4.69) is 4.90 Å². The summed E-state index contributed by atoms with van der Waals surface area (Å²) in [7, 11) is 1.73. The molecule has 0 bridgehead atoms. The van der Waals surface area contributed by atoms with Crippen molar-refractivity contribution in [3.05, 3.63) is 29.6 Å². The lowest BCUT2D eigenvalue weighted by Crippen LogP contribution is -2.38. The van der Waals surface area contributed by atoms with Crippen LogP contribution in [0.25, 0.3) is 0 Å². The number of hydrogen-bond acceptors (Lipinski definition) is 4. The zero-order valence-electron chi connectivity index (χ0n) is 12.0. The number of benzene rings is 1. The molecule has 1 aliphatic rings. The van der Waals surface area contributed by atoms with Crippen molar-refractivity contribution >= 4 is 5.97 Å². The lowest BCUT2D eigenvalue weighted by Gasteiger charge is -2.30. The summed E-state index contributed by atoms with van der Waals surface area (Å²) in [6.07, 6.45) is 2.33. The van der Waals surface area contributed by atoms with E-state index in [1.807, 2.05) is 0 Å². The molecule has 0 radical (unpaired) electrons. The fourth-order valence-electron chi connectivity index (χ4n) is 2.40. The van der Waals surface area contributed by atoms with Gasteiger partial charge >= 0.3 is 5.97 Å². The lowest BCUT2D eigenvalue weighted by molar-refractivity contribution is 0.0373. The third-order valence-corrected chi connectivity index (χ3v) is 3.71. The summed E-state index contributed by atoms with van der Waals surface area (Å²) < 4.78 is 24.3. The first-order chi connectivity index (χ1) is 10.1. The molecule has 0 saturated carbocycles. The second-order valence-electron chi connectivity index (χ2n) is 5.08. The molecule has 1 fully saturated rings. The summed E-state index contributed by atoms with van der Waals surface area (Å²) in [5.74, 6) is -1.71. The quantitative estimate of drug-likeness (QED) is 0.870. The maximum atomic E-state index is 13.7. The fourth-order valence-corrected chi connectivity index (χ4v) is 2.40. The smallest absolute Gasteiger partial charge is 0.335 e. The minimum atomic E-state index is -1.15. The van der Waals surface area contributed by atoms with Crippen molar-refractivity contribution in [2.45, 2.75) is 18.9 Å². The highest BCUT2D eigenvalue weighted by molar-refractivity contribution is 5.87. The van der Waals surface area contributed by atoms with E-state index in [4.69, 9.17) is 14.6 Å². The normalized spacial score (nSPS) is 16.9. The third-order valence-electron chi connectivity index (χ3n) is 3.71. The van der Waals surface area contributed by atoms with Crippen molar-refractivity contribution in [3.63, 3.8) is 0 Å². The molecule has 6 heteroatoms. The summed E-state index contributed by atoms with van der Waals surface area (Å²) in [4.78, 5) is 13.0. The summed E-state index contributed by atoms with van der Waals surface area (Å²) >= 11 is 0. The zero-order valence-corrected chi connectivity index (χ0v) is 12.0. The second kappa shape index (κ2) is 7.38. The Morgan fingerprint density at radius 3 is 2.71 bits per heavy atom. The summed E-state index contributed by atoms with van der Waals surface area (Å²) in [5, 5.41) is 8.76. The topological polar surface area (TPSA) is 59.0 Å². The minimum absolute atomic E-state index is 0.0820. The van der Waals surface area contributed by atoms with Gasteiger partial charge in [0.15, 0.2) is 11.6 Å². The van der Waals surface area contributed by atoms with Crippen LogP contribution in [0.4, 0.5) is 4.39 Å². The average molecular weight is 297 g/mol. The molecule has 2 rings (SSSR count). The highest BCUT2D eigenvalue weighted by Crippen LogP contribution is 2.19. The number of rotatable bonds is 6. The van der Waals surface area contributed by atoms with Crippen molar-refractivity contribution in [2.24, 2.45) is 0 Å². The molecule has 0 unspecified atom stereocenters. The molecule has 1 aromatic carbocycles. The molecule has 0 aromatic heterocycles. The van der Waals surface area contributed by atoms with Crippen LogP contribution < -0.4 is 4.74 Å². The molecule has 0 atom stereocenters. The molecular formula is C15H20FNO4. The molecule has 1 heterocycles. The van der Waals surface area contributed by atoms with E-state index in [1.54, 1.807) is 7.11 Å². The molecule has 0 amide bonds. The number of halogens is 1. The molecule has 21 heavy (non-hydrogen) atoms. The molecule has 0 aliphatic carbocycles. The molecule has 0 spiro atoms. The monoisotopic (exact) mass is 297 g/mol. The minimum Gasteiger partial charge on any atom is -0.489 e. The van der Waals surface area contributed by atoms with Crippen LogP contribution >= 0.6 is 0 Å². The van der Waals surface area contributed by atoms with Crippen LogP contribution in [-0.2, 0) is 4.74 Å². The van der Waals surface area contributed by atoms with Crippen LogP contribution in [0.3, 0.4) is 0 Å². The van der Waals surface area contributed by atoms with Crippen LogP contribution in [-0.4, -0.2) is 55.4 Å². The van der Waals surface area contributed by atoms with Crippen LogP contribution in [0.2, 0.25) is 0 Å². The molecule has 1 saturated heterocycles. The Bertz CT molecular complexity index is 487. The Labute approximate surface area is 123 Å². The maximum Gasteiger partial charge on any atom is 0.335 e. The van der Waals surface area contributed by atoms with Gasteiger partial charge in [0.2, 0.25) is 0 Å². The van der Waals surface area contributed by atoms with Gasteiger partial charge in [-0.05, 0) is 31.0 Å². The summed E-state index contributed by atoms with van der Waals surface area (Å²) in [5.41, 5.74) is -0.0820. The zero-order chi connectivity index (χ0) is 15.2. The summed E-state index contributed by atoms with van der Waals surface area (Å²) in [6.45, 7) is 2.99. The fraction of sp³-hybridized carbons (Fsp3) is 0.533. The number of carboxylic acids is 1. The van der Waals surface area contributed by atoms with Gasteiger partial charge in [-0.1, -0.05) is 0 Å². The first-order valence-electron chi connectivity index (χ1n) is 7.01. The highest BCUT2D eigenvalue weighted by Gasteiger charge is 2.18. The molecular weight excluding hydrogens is 277 g/mol. The SMILES string of the molecule is COC1CCN(CCOc2ccc(C(=O)O)cc2F)CC1. The number of carbonyl (C=O) groups is 1. The van der Waals surface area contributed by atoms with E-state index in [9.17, 15) is 9.18 Å². The standard InChI is InChI=1S/C15H20FNO4/c1-20-12-4-6-17(7-5-12)8-9-21-14-3-2-11(15(18)19)10-13(14)16/h2-3,10,12H,4-9H2,1H3,(H,18,19). The first kappa shape index (κ1) is 15.7. The van der Waals surface area contributed by atoms with E-state index in [0.29, 0.717) is 12.7 Å². The Morgan fingerprint density at radius 2 is 2.14 bits per heavy atom. The van der Waals surface area contributed by atoms with Gasteiger partial charge in [-0.2, -0.15) is 0 Å². The van der Waals surface area contributed by atoms with Gasteiger partial charge in [-0.25, -0.2) is 9.18 Å². The molecule has 1 N–H and O–H groups in total. The van der Waals surface area contributed by atoms with Crippen LogP contribution in [0.15, 0.2) is 18.2 Å². The van der Waals surface area contributed by atoms with Gasteiger partial charge in [0.1, 0.15) is 6.61 Å². The van der Waals surface area contributed by atoms with Crippen LogP contribution in [0.5, 0.6) is 5.75 Å². The van der Waals surface area contributed by atoms with Gasteiger partial charge in [-0.15, -0.1) is 0 Å². The number of nitrogens with zero attached hydrogens (tertiary/aromatic N) is 1. The second-order valence-corrected chi connectivity index (χ2v) is 5.08. The predicted octanol–water partition coefficient (Wildman–Crippen LogP) is 2.01.